The van der Waals surface area contributed by atoms with Gasteiger partial charge >= 0.3 is 0 Å². The molecule has 4 heterocycles. The van der Waals surface area contributed by atoms with Gasteiger partial charge in [-0.3, -0.25) is 0 Å². The van der Waals surface area contributed by atoms with E-state index in [2.05, 4.69) is 537 Å². The summed E-state index contributed by atoms with van der Waals surface area (Å²) >= 11 is 14.3. The van der Waals surface area contributed by atoms with Crippen LogP contribution < -0.4 is 0 Å². The van der Waals surface area contributed by atoms with Crippen LogP contribution in [0.3, 0.4) is 0 Å². The van der Waals surface area contributed by atoms with Crippen LogP contribution in [0.15, 0.2) is 479 Å². The summed E-state index contributed by atoms with van der Waals surface area (Å²) in [5.41, 5.74) is 31.7. The molecular formula is C114H76Br4N4. The molecule has 0 spiro atoms. The Labute approximate surface area is 742 Å². The molecule has 122 heavy (non-hydrogen) atoms. The van der Waals surface area contributed by atoms with Gasteiger partial charge in [0.15, 0.2) is 0 Å². The van der Waals surface area contributed by atoms with Gasteiger partial charge in [0.2, 0.25) is 0 Å². The average molecular weight is 1820 g/mol. The van der Waals surface area contributed by atoms with Crippen molar-refractivity contribution in [1.29, 1.82) is 0 Å². The van der Waals surface area contributed by atoms with Gasteiger partial charge in [-0.2, -0.15) is 0 Å². The average Bonchev–Trinajstić information content (AvgIpc) is 1.61. The van der Waals surface area contributed by atoms with Crippen LogP contribution in [0.1, 0.15) is 0 Å². The minimum atomic E-state index is 1.09. The molecule has 4 nitrogen and oxygen atoms in total. The number of benzene rings is 19. The Morgan fingerprint density at radius 1 is 0.131 bits per heavy atom. The van der Waals surface area contributed by atoms with Crippen LogP contribution >= 0.6 is 63.7 Å². The smallest absolute Gasteiger partial charge is 0.0547 e. The first-order valence-electron chi connectivity index (χ1n) is 40.9. The summed E-state index contributed by atoms with van der Waals surface area (Å²) in [6, 6.07) is 164. The molecule has 19 aromatic carbocycles. The highest BCUT2D eigenvalue weighted by Gasteiger charge is 2.20. The molecule has 8 heteroatoms. The van der Waals surface area contributed by atoms with Gasteiger partial charge in [-0.1, -0.05) is 373 Å². The van der Waals surface area contributed by atoms with Crippen molar-refractivity contribution in [3.05, 3.63) is 479 Å². The van der Waals surface area contributed by atoms with E-state index >= 15 is 0 Å². The fraction of sp³-hybridized carbons (Fsp3) is 0. The molecule has 0 bridgehead atoms. The van der Waals surface area contributed by atoms with E-state index in [0.717, 1.165) is 17.9 Å². The first-order valence-corrected chi connectivity index (χ1v) is 44.0. The van der Waals surface area contributed by atoms with Crippen LogP contribution in [-0.4, -0.2) is 18.3 Å². The lowest BCUT2D eigenvalue weighted by molar-refractivity contribution is 1.18. The maximum atomic E-state index is 3.69. The van der Waals surface area contributed by atoms with Crippen LogP contribution in [-0.2, 0) is 0 Å². The third kappa shape index (κ3) is 15.2. The quantitative estimate of drug-likeness (QED) is 0.123. The standard InChI is InChI=1S/3C30H20BrN.C24H16BrN/c31-25-11-7-10-23(19-25)21-8-6-9-22(18-21)24-16-17-30-28(20-24)27-14-4-5-15-29(27)32(30)26-12-2-1-3-13-26;31-23-17-14-21(15-18-23)25-10-4-5-11-26(25)22-16-19-28-27-12-6-7-13-29(27)32(30(28)20-22)24-8-2-1-3-9-24;31-25-17-14-22(15-18-25)21-10-12-23(13-11-21)24-16-19-28-27-8-4-5-9-29(27)32(30(28)20-24)26-6-2-1-3-7-26;25-22-12-6-4-10-19(22)17-14-15-21-20-11-5-7-13-23(20)26(24(21)16-17)18-8-2-1-3-9-18/h3*1-20H;1-16H. The zero-order valence-corrected chi connectivity index (χ0v) is 72.5. The van der Waals surface area contributed by atoms with Crippen molar-refractivity contribution in [2.45, 2.75) is 0 Å². The Hall–Kier alpha value is -13.7. The number of nitrogens with zero attached hydrogens (tertiary/aromatic N) is 4. The summed E-state index contributed by atoms with van der Waals surface area (Å²) < 4.78 is 13.8. The summed E-state index contributed by atoms with van der Waals surface area (Å²) in [6.07, 6.45) is 0. The third-order valence-corrected chi connectivity index (χ3v) is 25.3. The topological polar surface area (TPSA) is 19.7 Å². The molecule has 0 aliphatic carbocycles. The van der Waals surface area contributed by atoms with Crippen LogP contribution in [0.4, 0.5) is 0 Å². The van der Waals surface area contributed by atoms with Gasteiger partial charge < -0.3 is 18.3 Å². The number of fused-ring (bicyclic) bond motifs is 12. The Morgan fingerprint density at radius 2 is 0.402 bits per heavy atom. The molecule has 580 valence electrons. The first-order chi connectivity index (χ1) is 60.2. The maximum Gasteiger partial charge on any atom is 0.0547 e. The molecule has 0 unspecified atom stereocenters. The second-order valence-electron chi connectivity index (χ2n) is 30.4. The molecule has 0 saturated heterocycles. The Morgan fingerprint density at radius 3 is 0.836 bits per heavy atom. The molecule has 0 aliphatic rings. The molecule has 0 atom stereocenters. The Balaban J connectivity index is 0.000000104. The van der Waals surface area contributed by atoms with E-state index < -0.39 is 0 Å². The van der Waals surface area contributed by atoms with Gasteiger partial charge in [-0.15, -0.1) is 0 Å². The van der Waals surface area contributed by atoms with Crippen molar-refractivity contribution >= 4 is 151 Å². The number of para-hydroxylation sites is 8. The van der Waals surface area contributed by atoms with Gasteiger partial charge in [-0.05, 0) is 230 Å². The van der Waals surface area contributed by atoms with Gasteiger partial charge in [0, 0.05) is 83.7 Å². The van der Waals surface area contributed by atoms with E-state index in [1.165, 1.54) is 188 Å². The first kappa shape index (κ1) is 76.9. The van der Waals surface area contributed by atoms with Crippen molar-refractivity contribution < 1.29 is 0 Å². The van der Waals surface area contributed by atoms with Crippen molar-refractivity contribution in [3.8, 4) is 101 Å². The number of halogens is 4. The van der Waals surface area contributed by atoms with Gasteiger partial charge in [0.25, 0.3) is 0 Å². The summed E-state index contributed by atoms with van der Waals surface area (Å²) in [4.78, 5) is 0. The Bertz CT molecular complexity index is 7760. The second-order valence-corrected chi connectivity index (χ2v) is 34.0. The molecule has 0 N–H and O–H groups in total. The maximum absolute atomic E-state index is 3.69. The van der Waals surface area contributed by atoms with Crippen LogP contribution in [0, 0.1) is 0 Å². The molecule has 0 aliphatic heterocycles. The molecule has 0 fully saturated rings. The molecule has 0 radical (unpaired) electrons. The predicted molar refractivity (Wildman–Crippen MR) is 532 cm³/mol. The zero-order chi connectivity index (χ0) is 82.0. The molecule has 0 saturated carbocycles. The van der Waals surface area contributed by atoms with E-state index in [1.807, 2.05) is 6.07 Å². The fourth-order valence-corrected chi connectivity index (χ4v) is 18.8. The van der Waals surface area contributed by atoms with E-state index in [0.29, 0.717) is 0 Å². The lowest BCUT2D eigenvalue weighted by atomic mass is 9.94. The van der Waals surface area contributed by atoms with Gasteiger partial charge in [-0.25, -0.2) is 0 Å². The van der Waals surface area contributed by atoms with Crippen LogP contribution in [0.2, 0.25) is 0 Å². The SMILES string of the molecule is Brc1ccc(-c2ccc(-c3ccc4c5ccccc5n(-c5ccccc5)c4c3)cc2)cc1.Brc1ccc(-c2ccccc2-c2ccc3c4ccccc4n(-c4ccccc4)c3c2)cc1.Brc1cccc(-c2cccc(-c3ccc4c(c3)c3ccccc3n4-c3ccccc3)c2)c1.Brc1ccccc1-c1ccc2c3ccccc3n(-c3ccccc3)c2c1. The monoisotopic (exact) mass is 1820 g/mol. The van der Waals surface area contributed by atoms with E-state index in [-0.39, 0.29) is 0 Å². The highest BCUT2D eigenvalue weighted by molar-refractivity contribution is 9.11. The van der Waals surface area contributed by atoms with Crippen LogP contribution in [0.25, 0.3) is 188 Å². The third-order valence-electron chi connectivity index (χ3n) is 23.1. The summed E-state index contributed by atoms with van der Waals surface area (Å²) in [7, 11) is 0. The predicted octanol–water partition coefficient (Wildman–Crippen LogP) is 33.9. The van der Waals surface area contributed by atoms with Crippen LogP contribution in [0.5, 0.6) is 0 Å². The second kappa shape index (κ2) is 34.2. The highest BCUT2D eigenvalue weighted by Crippen LogP contribution is 2.43. The molecule has 0 amide bonds. The van der Waals surface area contributed by atoms with E-state index in [1.54, 1.807) is 0 Å². The summed E-state index contributed by atoms with van der Waals surface area (Å²) in [6.45, 7) is 0. The Kier molecular flexibility index (Phi) is 21.6. The van der Waals surface area contributed by atoms with Gasteiger partial charge in [0.05, 0.1) is 44.1 Å². The molecule has 23 rings (SSSR count). The largest absolute Gasteiger partial charge is 0.309 e. The van der Waals surface area contributed by atoms with Gasteiger partial charge in [0.1, 0.15) is 0 Å². The lowest BCUT2D eigenvalue weighted by Gasteiger charge is -2.12. The minimum Gasteiger partial charge on any atom is -0.309 e. The minimum absolute atomic E-state index is 1.09. The zero-order valence-electron chi connectivity index (χ0n) is 66.2. The fourth-order valence-electron chi connectivity index (χ4n) is 17.4. The molecule has 23 aromatic rings. The lowest BCUT2D eigenvalue weighted by Crippen LogP contribution is -1.93. The number of hydrogen-bond acceptors (Lipinski definition) is 0. The summed E-state index contributed by atoms with van der Waals surface area (Å²) in [5.74, 6) is 0. The number of rotatable bonds is 11. The van der Waals surface area contributed by atoms with Crippen molar-refractivity contribution in [3.63, 3.8) is 0 Å². The molecular weight excluding hydrogens is 1740 g/mol. The van der Waals surface area contributed by atoms with Crippen molar-refractivity contribution in [2.24, 2.45) is 0 Å². The number of aromatic nitrogens is 4. The van der Waals surface area contributed by atoms with E-state index in [4.69, 9.17) is 0 Å². The van der Waals surface area contributed by atoms with Crippen molar-refractivity contribution in [2.75, 3.05) is 0 Å². The van der Waals surface area contributed by atoms with Crippen molar-refractivity contribution in [1.82, 2.24) is 18.3 Å². The molecule has 4 aromatic heterocycles. The normalized spacial score (nSPS) is 11.3. The number of hydrogen-bond donors (Lipinski definition) is 0. The highest BCUT2D eigenvalue weighted by atomic mass is 79.9. The summed E-state index contributed by atoms with van der Waals surface area (Å²) in [5, 5.41) is 10.2. The van der Waals surface area contributed by atoms with E-state index in [9.17, 15) is 0 Å².